The molecule has 0 atom stereocenters. The van der Waals surface area contributed by atoms with Gasteiger partial charge >= 0.3 is 0 Å². The van der Waals surface area contributed by atoms with E-state index in [2.05, 4.69) is 11.9 Å². The fraction of sp³-hybridized carbons (Fsp3) is 0.550. The Balaban J connectivity index is 1.67. The molecule has 2 fully saturated rings. The zero-order valence-corrected chi connectivity index (χ0v) is 15.0. The van der Waals surface area contributed by atoms with Crippen molar-refractivity contribution >= 4 is 11.5 Å². The summed E-state index contributed by atoms with van der Waals surface area (Å²) in [6.45, 7) is 4.89. The summed E-state index contributed by atoms with van der Waals surface area (Å²) in [7, 11) is 3.90. The Labute approximate surface area is 145 Å². The Bertz CT molecular complexity index is 630. The highest BCUT2D eigenvalue weighted by Gasteiger charge is 2.41. The number of hydrogen-bond donors (Lipinski definition) is 0. The van der Waals surface area contributed by atoms with Crippen molar-refractivity contribution in [3.8, 4) is 5.75 Å². The van der Waals surface area contributed by atoms with Crippen LogP contribution in [0.25, 0.3) is 5.57 Å². The summed E-state index contributed by atoms with van der Waals surface area (Å²) in [6, 6.07) is 7.84. The van der Waals surface area contributed by atoms with Gasteiger partial charge in [-0.3, -0.25) is 4.79 Å². The van der Waals surface area contributed by atoms with Crippen molar-refractivity contribution in [3.63, 3.8) is 0 Å². The normalized spacial score (nSPS) is 21.3. The van der Waals surface area contributed by atoms with Crippen LogP contribution >= 0.6 is 0 Å². The van der Waals surface area contributed by atoms with E-state index >= 15 is 0 Å². The topological polar surface area (TPSA) is 32.8 Å². The second-order valence-electron chi connectivity index (χ2n) is 7.10. The standard InChI is InChI=1S/C20H28N2O2/c1-16(17-7-4-5-8-18(17)24-3)15-19(23)22-13-10-20(11-14-22)9-6-12-21(20)2/h4-5,7-8,15H,6,9-14H2,1-3H3. The van der Waals surface area contributed by atoms with Gasteiger partial charge in [0.25, 0.3) is 0 Å². The number of para-hydroxylation sites is 1. The number of hydrogen-bond acceptors (Lipinski definition) is 3. The smallest absolute Gasteiger partial charge is 0.246 e. The number of piperidine rings is 1. The molecule has 2 aliphatic rings. The molecule has 2 heterocycles. The van der Waals surface area contributed by atoms with Gasteiger partial charge in [-0.05, 0) is 57.8 Å². The first kappa shape index (κ1) is 17.0. The van der Waals surface area contributed by atoms with Gasteiger partial charge in [0.05, 0.1) is 7.11 Å². The van der Waals surface area contributed by atoms with Crippen LogP contribution in [0.15, 0.2) is 30.3 Å². The van der Waals surface area contributed by atoms with Crippen molar-refractivity contribution in [2.24, 2.45) is 0 Å². The molecule has 1 aromatic carbocycles. The average molecular weight is 328 g/mol. The summed E-state index contributed by atoms with van der Waals surface area (Å²) in [6.07, 6.45) is 6.51. The summed E-state index contributed by atoms with van der Waals surface area (Å²) in [5.41, 5.74) is 2.28. The highest BCUT2D eigenvalue weighted by molar-refractivity contribution is 5.95. The molecule has 0 saturated carbocycles. The molecule has 3 rings (SSSR count). The van der Waals surface area contributed by atoms with Crippen molar-refractivity contribution < 1.29 is 9.53 Å². The number of nitrogens with zero attached hydrogens (tertiary/aromatic N) is 2. The zero-order valence-electron chi connectivity index (χ0n) is 15.0. The number of likely N-dealkylation sites (tertiary alicyclic amines) is 2. The zero-order chi connectivity index (χ0) is 17.2. The van der Waals surface area contributed by atoms with Crippen LogP contribution in [0.5, 0.6) is 5.75 Å². The van der Waals surface area contributed by atoms with Gasteiger partial charge in [-0.25, -0.2) is 0 Å². The van der Waals surface area contributed by atoms with E-state index in [4.69, 9.17) is 4.74 Å². The largest absolute Gasteiger partial charge is 0.496 e. The van der Waals surface area contributed by atoms with E-state index in [0.29, 0.717) is 5.54 Å². The van der Waals surface area contributed by atoms with Gasteiger partial charge < -0.3 is 14.5 Å². The molecular weight excluding hydrogens is 300 g/mol. The molecule has 4 heteroatoms. The van der Waals surface area contributed by atoms with Gasteiger partial charge in [-0.1, -0.05) is 18.2 Å². The highest BCUT2D eigenvalue weighted by Crippen LogP contribution is 2.37. The maximum absolute atomic E-state index is 12.7. The minimum absolute atomic E-state index is 0.119. The van der Waals surface area contributed by atoms with Gasteiger partial charge in [-0.2, -0.15) is 0 Å². The predicted octanol–water partition coefficient (Wildman–Crippen LogP) is 3.19. The Hall–Kier alpha value is -1.81. The lowest BCUT2D eigenvalue weighted by molar-refractivity contribution is -0.128. The SMILES string of the molecule is COc1ccccc1C(C)=CC(=O)N1CCC2(CCCN2C)CC1. The molecule has 0 bridgehead atoms. The molecular formula is C20H28N2O2. The Morgan fingerprint density at radius 1 is 1.17 bits per heavy atom. The number of benzene rings is 1. The lowest BCUT2D eigenvalue weighted by Crippen LogP contribution is -2.51. The van der Waals surface area contributed by atoms with Gasteiger partial charge in [-0.15, -0.1) is 0 Å². The van der Waals surface area contributed by atoms with Crippen LogP contribution in [0.4, 0.5) is 0 Å². The molecule has 2 aliphatic heterocycles. The van der Waals surface area contributed by atoms with E-state index in [1.165, 1.54) is 19.4 Å². The van der Waals surface area contributed by atoms with Crippen LogP contribution in [0.2, 0.25) is 0 Å². The van der Waals surface area contributed by atoms with Crippen LogP contribution in [0, 0.1) is 0 Å². The number of rotatable bonds is 3. The molecule has 1 aromatic rings. The number of methoxy groups -OCH3 is 1. The van der Waals surface area contributed by atoms with Crippen molar-refractivity contribution in [1.29, 1.82) is 0 Å². The summed E-state index contributed by atoms with van der Waals surface area (Å²) < 4.78 is 5.40. The molecule has 0 unspecified atom stereocenters. The monoisotopic (exact) mass is 328 g/mol. The molecule has 1 amide bonds. The Kier molecular flexibility index (Phi) is 4.95. The Morgan fingerprint density at radius 2 is 1.88 bits per heavy atom. The van der Waals surface area contributed by atoms with E-state index in [1.54, 1.807) is 13.2 Å². The number of ether oxygens (including phenoxy) is 1. The lowest BCUT2D eigenvalue weighted by Gasteiger charge is -2.43. The predicted molar refractivity (Wildman–Crippen MR) is 97.1 cm³/mol. The summed E-state index contributed by atoms with van der Waals surface area (Å²) in [5, 5.41) is 0. The van der Waals surface area contributed by atoms with Crippen molar-refractivity contribution in [3.05, 3.63) is 35.9 Å². The molecule has 24 heavy (non-hydrogen) atoms. The van der Waals surface area contributed by atoms with E-state index in [1.807, 2.05) is 36.1 Å². The second-order valence-corrected chi connectivity index (χ2v) is 7.10. The highest BCUT2D eigenvalue weighted by atomic mass is 16.5. The first-order valence-corrected chi connectivity index (χ1v) is 8.87. The molecule has 0 aliphatic carbocycles. The number of allylic oxidation sites excluding steroid dienone is 1. The summed E-state index contributed by atoms with van der Waals surface area (Å²) >= 11 is 0. The first-order chi connectivity index (χ1) is 11.6. The fourth-order valence-electron chi connectivity index (χ4n) is 4.17. The third kappa shape index (κ3) is 3.20. The fourth-order valence-corrected chi connectivity index (χ4v) is 4.17. The minimum atomic E-state index is 0.119. The van der Waals surface area contributed by atoms with Crippen LogP contribution < -0.4 is 4.74 Å². The van der Waals surface area contributed by atoms with Crippen molar-refractivity contribution in [2.45, 2.75) is 38.1 Å². The van der Waals surface area contributed by atoms with Crippen LogP contribution in [0.3, 0.4) is 0 Å². The maximum Gasteiger partial charge on any atom is 0.246 e. The van der Waals surface area contributed by atoms with E-state index in [0.717, 1.165) is 42.8 Å². The Morgan fingerprint density at radius 3 is 2.50 bits per heavy atom. The van der Waals surface area contributed by atoms with Gasteiger partial charge in [0.2, 0.25) is 5.91 Å². The number of carbonyl (C=O) groups excluding carboxylic acids is 1. The van der Waals surface area contributed by atoms with Crippen LogP contribution in [-0.4, -0.2) is 55.0 Å². The minimum Gasteiger partial charge on any atom is -0.496 e. The second kappa shape index (κ2) is 6.98. The van der Waals surface area contributed by atoms with Crippen molar-refractivity contribution in [1.82, 2.24) is 9.80 Å². The van der Waals surface area contributed by atoms with Crippen LogP contribution in [-0.2, 0) is 4.79 Å². The number of carbonyl (C=O) groups is 1. The molecule has 0 radical (unpaired) electrons. The third-order valence-electron chi connectivity index (χ3n) is 5.82. The van der Waals surface area contributed by atoms with Gasteiger partial charge in [0.1, 0.15) is 5.75 Å². The molecule has 2 saturated heterocycles. The molecule has 0 aromatic heterocycles. The maximum atomic E-state index is 12.7. The first-order valence-electron chi connectivity index (χ1n) is 8.87. The van der Waals surface area contributed by atoms with E-state index in [9.17, 15) is 4.79 Å². The average Bonchev–Trinajstić information content (AvgIpc) is 2.95. The molecule has 1 spiro atoms. The summed E-state index contributed by atoms with van der Waals surface area (Å²) in [4.78, 5) is 17.2. The van der Waals surface area contributed by atoms with Gasteiger partial charge in [0, 0.05) is 30.3 Å². The van der Waals surface area contributed by atoms with Crippen molar-refractivity contribution in [2.75, 3.05) is 33.8 Å². The molecule has 130 valence electrons. The quantitative estimate of drug-likeness (QED) is 0.799. The van der Waals surface area contributed by atoms with E-state index in [-0.39, 0.29) is 5.91 Å². The molecule has 4 nitrogen and oxygen atoms in total. The lowest BCUT2D eigenvalue weighted by atomic mass is 9.85. The van der Waals surface area contributed by atoms with E-state index < -0.39 is 0 Å². The van der Waals surface area contributed by atoms with Gasteiger partial charge in [0.15, 0.2) is 0 Å². The summed E-state index contributed by atoms with van der Waals surface area (Å²) in [5.74, 6) is 0.929. The van der Waals surface area contributed by atoms with Crippen LogP contribution in [0.1, 0.15) is 38.2 Å². The third-order valence-corrected chi connectivity index (χ3v) is 5.82. The number of amides is 1. The molecule has 0 N–H and O–H groups in total.